The summed E-state index contributed by atoms with van der Waals surface area (Å²) in [5.74, 6) is -0.842. The number of aromatic amines is 1. The van der Waals surface area contributed by atoms with Crippen LogP contribution in [0.2, 0.25) is 0 Å². The van der Waals surface area contributed by atoms with Crippen molar-refractivity contribution in [1.29, 1.82) is 0 Å². The highest BCUT2D eigenvalue weighted by Gasteiger charge is 2.48. The monoisotopic (exact) mass is 737 g/mol. The molecule has 3 heterocycles. The Hall–Kier alpha value is -1.99. The Balaban J connectivity index is 1.58. The van der Waals surface area contributed by atoms with Gasteiger partial charge in [0.2, 0.25) is 5.91 Å². The van der Waals surface area contributed by atoms with E-state index in [4.69, 9.17) is 23.7 Å². The summed E-state index contributed by atoms with van der Waals surface area (Å²) in [5.41, 5.74) is -1.81. The molecule has 1 aromatic heterocycles. The average molecular weight is 737 g/mol. The van der Waals surface area contributed by atoms with Crippen LogP contribution < -0.4 is 26.4 Å². The number of carbonyl (C=O) groups excluding carboxylic acids is 1. The summed E-state index contributed by atoms with van der Waals surface area (Å²) in [6.45, 7) is -1.24. The van der Waals surface area contributed by atoms with Gasteiger partial charge in [-0.05, 0) is 0 Å². The Morgan fingerprint density at radius 2 is 1.60 bits per heavy atom. The van der Waals surface area contributed by atoms with Gasteiger partial charge in [-0.1, -0.05) is 0 Å². The number of carbonyl (C=O) groups is 1. The highest BCUT2D eigenvalue weighted by molar-refractivity contribution is 7.59. The Kier molecular flexibility index (Phi) is 15.4. The Morgan fingerprint density at radius 1 is 0.958 bits per heavy atom. The van der Waals surface area contributed by atoms with E-state index in [0.29, 0.717) is 17.8 Å². The summed E-state index contributed by atoms with van der Waals surface area (Å²) < 4.78 is 64.4. The Bertz CT molecular complexity index is 1390. The molecule has 3 rings (SSSR count). The van der Waals surface area contributed by atoms with Gasteiger partial charge in [0.25, 0.3) is 21.2 Å². The molecule has 25 heteroatoms. The molecule has 276 valence electrons. The van der Waals surface area contributed by atoms with Crippen molar-refractivity contribution >= 4 is 21.6 Å². The molecule has 2 saturated heterocycles. The molecular formula is C23H37N3O20P2-2. The van der Waals surface area contributed by atoms with Crippen LogP contribution in [0, 0.1) is 0 Å². The number of hydrogen-bond donors (Lipinski definition) is 7. The number of aromatic nitrogens is 2. The standard InChI is InChI=1S/C23H39N3O20P2/c1-39-6-7-41-9-8-40-5-3-15(29)24-16-19(32)17(30)12(10-27)44-22(16)45-48(37,38)46-47(35,36)42-11-13-18(31)20(33)21(43-13)26-4-2-14(28)25-23(26)34/h2,4,12-13,16-22,27,30-33H,3,5-11H2,1H3,(H,24,29)(H,35,36)(H,37,38)(H,25,28,34)/p-2/t12?,13?,16?,17-,18?,19+,20?,21?,22+/m0/s1. The number of ether oxygens (including phenoxy) is 5. The van der Waals surface area contributed by atoms with Crippen molar-refractivity contribution < 1.29 is 86.3 Å². The number of aliphatic hydroxyl groups excluding tert-OH is 5. The minimum Gasteiger partial charge on any atom is -0.756 e. The van der Waals surface area contributed by atoms with E-state index in [0.717, 1.165) is 12.3 Å². The first-order chi connectivity index (χ1) is 22.6. The van der Waals surface area contributed by atoms with Crippen LogP contribution in [0.3, 0.4) is 0 Å². The Labute approximate surface area is 271 Å². The molecule has 8 unspecified atom stereocenters. The third-order valence-electron chi connectivity index (χ3n) is 6.78. The second-order valence-electron chi connectivity index (χ2n) is 10.2. The van der Waals surface area contributed by atoms with E-state index in [-0.39, 0.29) is 26.2 Å². The predicted molar refractivity (Wildman–Crippen MR) is 148 cm³/mol. The smallest absolute Gasteiger partial charge is 0.330 e. The van der Waals surface area contributed by atoms with Gasteiger partial charge in [0, 0.05) is 25.8 Å². The molecular weight excluding hydrogens is 700 g/mol. The van der Waals surface area contributed by atoms with E-state index in [1.807, 2.05) is 4.98 Å². The number of rotatable bonds is 19. The summed E-state index contributed by atoms with van der Waals surface area (Å²) in [5, 5.41) is 52.9. The zero-order chi connectivity index (χ0) is 35.6. The fraction of sp³-hybridized carbons (Fsp3) is 0.783. The molecule has 1 amide bonds. The molecule has 2 aliphatic heterocycles. The fourth-order valence-corrected chi connectivity index (χ4v) is 6.48. The number of hydrogen-bond acceptors (Lipinski definition) is 20. The summed E-state index contributed by atoms with van der Waals surface area (Å²) in [6, 6.07) is -0.936. The topological polar surface area (TPSA) is 339 Å². The highest BCUT2D eigenvalue weighted by Crippen LogP contribution is 2.57. The van der Waals surface area contributed by atoms with Crippen LogP contribution in [0.4, 0.5) is 0 Å². The normalized spacial score (nSPS) is 31.6. The molecule has 0 bridgehead atoms. The molecule has 0 saturated carbocycles. The van der Waals surface area contributed by atoms with Crippen molar-refractivity contribution in [2.24, 2.45) is 0 Å². The molecule has 2 fully saturated rings. The predicted octanol–water partition coefficient (Wildman–Crippen LogP) is -5.86. The molecule has 11 atom stereocenters. The second-order valence-corrected chi connectivity index (χ2v) is 13.1. The molecule has 2 aliphatic rings. The van der Waals surface area contributed by atoms with Gasteiger partial charge < -0.3 is 68.8 Å². The van der Waals surface area contributed by atoms with E-state index in [9.17, 15) is 58.8 Å². The maximum absolute atomic E-state index is 12.6. The maximum Gasteiger partial charge on any atom is 0.330 e. The SMILES string of the molecule is COCCOCCOCCC(=O)NC1[C@@H](OP(=O)([O-])OP(=O)([O-])OCC2OC(n3ccc(=O)[nH]c3=O)C(O)C2O)OC(CO)[C@H](O)[C@@H]1O. The van der Waals surface area contributed by atoms with Crippen LogP contribution >= 0.6 is 15.6 Å². The van der Waals surface area contributed by atoms with Crippen molar-refractivity contribution in [3.8, 4) is 0 Å². The van der Waals surface area contributed by atoms with Gasteiger partial charge in [-0.2, -0.15) is 0 Å². The number of aliphatic hydroxyl groups is 5. The van der Waals surface area contributed by atoms with Crippen molar-refractivity contribution in [2.75, 3.05) is 53.4 Å². The first-order valence-electron chi connectivity index (χ1n) is 14.1. The number of phosphoric ester groups is 2. The van der Waals surface area contributed by atoms with Crippen molar-refractivity contribution in [3.05, 3.63) is 33.1 Å². The average Bonchev–Trinajstić information content (AvgIpc) is 3.29. The largest absolute Gasteiger partial charge is 0.756 e. The first-order valence-corrected chi connectivity index (χ1v) is 17.1. The number of nitrogens with zero attached hydrogens (tertiary/aromatic N) is 1. The van der Waals surface area contributed by atoms with Crippen LogP contribution in [-0.4, -0.2) is 143 Å². The van der Waals surface area contributed by atoms with Crippen molar-refractivity contribution in [3.63, 3.8) is 0 Å². The number of nitrogens with one attached hydrogen (secondary N) is 2. The zero-order valence-electron chi connectivity index (χ0n) is 25.2. The minimum absolute atomic E-state index is 0.116. The number of amides is 1. The minimum atomic E-state index is -6.03. The van der Waals surface area contributed by atoms with Crippen LogP contribution in [0.1, 0.15) is 12.6 Å². The van der Waals surface area contributed by atoms with Crippen LogP contribution in [0.5, 0.6) is 0 Å². The van der Waals surface area contributed by atoms with E-state index in [2.05, 4.69) is 18.7 Å². The zero-order valence-corrected chi connectivity index (χ0v) is 27.0. The van der Waals surface area contributed by atoms with Gasteiger partial charge in [-0.15, -0.1) is 0 Å². The van der Waals surface area contributed by atoms with Gasteiger partial charge in [0.15, 0.2) is 12.5 Å². The summed E-state index contributed by atoms with van der Waals surface area (Å²) in [4.78, 5) is 62.6. The van der Waals surface area contributed by atoms with E-state index in [1.165, 1.54) is 7.11 Å². The lowest BCUT2D eigenvalue weighted by Gasteiger charge is -2.44. The molecule has 23 nitrogen and oxygen atoms in total. The lowest BCUT2D eigenvalue weighted by molar-refractivity contribution is -0.285. The summed E-state index contributed by atoms with van der Waals surface area (Å²) in [7, 11) is -10.4. The second kappa shape index (κ2) is 18.3. The summed E-state index contributed by atoms with van der Waals surface area (Å²) in [6.07, 6.45) is -14.1. The lowest BCUT2D eigenvalue weighted by Crippen LogP contribution is -2.64. The lowest BCUT2D eigenvalue weighted by atomic mass is 9.97. The molecule has 0 radical (unpaired) electrons. The molecule has 0 spiro atoms. The van der Waals surface area contributed by atoms with Gasteiger partial charge in [0.1, 0.15) is 42.7 Å². The van der Waals surface area contributed by atoms with Gasteiger partial charge in [-0.25, -0.2) is 9.11 Å². The number of H-pyrrole nitrogens is 1. The third kappa shape index (κ3) is 11.5. The van der Waals surface area contributed by atoms with Crippen LogP contribution in [0.25, 0.3) is 0 Å². The van der Waals surface area contributed by atoms with Gasteiger partial charge in [0.05, 0.1) is 46.2 Å². The quantitative estimate of drug-likeness (QED) is 0.0513. The number of methoxy groups -OCH3 is 1. The van der Waals surface area contributed by atoms with E-state index < -0.39 is 101 Å². The van der Waals surface area contributed by atoms with Gasteiger partial charge >= 0.3 is 5.69 Å². The van der Waals surface area contributed by atoms with Crippen LogP contribution in [-0.2, 0) is 51.0 Å². The highest BCUT2D eigenvalue weighted by atomic mass is 31.3. The first kappa shape index (κ1) is 40.4. The molecule has 48 heavy (non-hydrogen) atoms. The fourth-order valence-electron chi connectivity index (χ4n) is 4.39. The van der Waals surface area contributed by atoms with Crippen molar-refractivity contribution in [2.45, 2.75) is 61.6 Å². The van der Waals surface area contributed by atoms with Crippen LogP contribution in [0.15, 0.2) is 21.9 Å². The molecule has 1 aromatic rings. The molecule has 0 aromatic carbocycles. The summed E-state index contributed by atoms with van der Waals surface area (Å²) >= 11 is 0. The maximum atomic E-state index is 12.6. The van der Waals surface area contributed by atoms with Crippen molar-refractivity contribution in [1.82, 2.24) is 14.9 Å². The molecule has 7 N–H and O–H groups in total. The van der Waals surface area contributed by atoms with E-state index >= 15 is 0 Å². The van der Waals surface area contributed by atoms with Gasteiger partial charge in [-0.3, -0.25) is 32.8 Å². The Morgan fingerprint density at radius 3 is 2.25 bits per heavy atom. The van der Waals surface area contributed by atoms with E-state index in [1.54, 1.807) is 0 Å². The third-order valence-corrected chi connectivity index (χ3v) is 9.31. The number of phosphoric acid groups is 2. The molecule has 0 aliphatic carbocycles.